The Morgan fingerprint density at radius 2 is 2.00 bits per heavy atom. The van der Waals surface area contributed by atoms with Gasteiger partial charge in [0.15, 0.2) is 0 Å². The Labute approximate surface area is 124 Å². The van der Waals surface area contributed by atoms with Gasteiger partial charge in [-0.1, -0.05) is 63.3 Å². The van der Waals surface area contributed by atoms with Gasteiger partial charge in [0.1, 0.15) is 0 Å². The van der Waals surface area contributed by atoms with E-state index >= 15 is 0 Å². The zero-order valence-electron chi connectivity index (χ0n) is 12.9. The summed E-state index contributed by atoms with van der Waals surface area (Å²) < 4.78 is 0. The molecule has 2 atom stereocenters. The van der Waals surface area contributed by atoms with Crippen molar-refractivity contribution in [1.29, 1.82) is 0 Å². The molecule has 0 radical (unpaired) electrons. The third-order valence-electron chi connectivity index (χ3n) is 4.73. The number of aryl methyl sites for hydroxylation is 1. The minimum atomic E-state index is 0.443. The maximum atomic E-state index is 5.85. The van der Waals surface area contributed by atoms with E-state index in [1.54, 1.807) is 0 Å². The van der Waals surface area contributed by atoms with Gasteiger partial charge in [0.25, 0.3) is 0 Å². The summed E-state index contributed by atoms with van der Waals surface area (Å²) in [5.41, 5.74) is 6.18. The first-order valence-corrected chi connectivity index (χ1v) is 8.40. The third kappa shape index (κ3) is 4.07. The lowest BCUT2D eigenvalue weighted by molar-refractivity contribution is 0.366. The zero-order chi connectivity index (χ0) is 14.2. The molecule has 0 aromatic heterocycles. The van der Waals surface area contributed by atoms with E-state index in [-0.39, 0.29) is 0 Å². The van der Waals surface area contributed by atoms with Gasteiger partial charge in [-0.2, -0.15) is 0 Å². The summed E-state index contributed by atoms with van der Waals surface area (Å²) in [5, 5.41) is 0. The predicted molar refractivity (Wildman–Crippen MR) is 86.6 cm³/mol. The molecule has 2 heteroatoms. The number of nitrogens with one attached hydrogen (secondary N) is 1. The molecule has 2 unspecified atom stereocenters. The molecule has 0 fully saturated rings. The van der Waals surface area contributed by atoms with Crippen LogP contribution in [0.4, 0.5) is 0 Å². The van der Waals surface area contributed by atoms with Gasteiger partial charge in [-0.25, -0.2) is 0 Å². The maximum Gasteiger partial charge on any atom is 0.0279 e. The lowest BCUT2D eigenvalue weighted by atomic mass is 9.77. The van der Waals surface area contributed by atoms with Gasteiger partial charge < -0.3 is 0 Å². The van der Waals surface area contributed by atoms with Crippen molar-refractivity contribution >= 4 is 0 Å². The molecule has 3 N–H and O–H groups in total. The van der Waals surface area contributed by atoms with E-state index in [1.807, 2.05) is 0 Å². The second-order valence-corrected chi connectivity index (χ2v) is 6.17. The van der Waals surface area contributed by atoms with Crippen LogP contribution in [0.25, 0.3) is 0 Å². The van der Waals surface area contributed by atoms with Crippen LogP contribution in [0.3, 0.4) is 0 Å². The molecule has 20 heavy (non-hydrogen) atoms. The van der Waals surface area contributed by atoms with Crippen LogP contribution in [0.1, 0.15) is 75.3 Å². The highest BCUT2D eigenvalue weighted by Crippen LogP contribution is 2.35. The van der Waals surface area contributed by atoms with Crippen molar-refractivity contribution in [1.82, 2.24) is 5.43 Å². The summed E-state index contributed by atoms with van der Waals surface area (Å²) in [5.74, 6) is 6.46. The van der Waals surface area contributed by atoms with E-state index < -0.39 is 0 Å². The standard InChI is InChI=1S/C18H30N2/c1-2-3-4-5-6-14-18(20-19)17-13-9-11-15-10-7-8-12-16(15)17/h7-8,10,12,17-18,20H,2-6,9,11,13-14,19H2,1H3. The first-order chi connectivity index (χ1) is 9.86. The van der Waals surface area contributed by atoms with E-state index in [2.05, 4.69) is 36.6 Å². The number of nitrogens with two attached hydrogens (primary N) is 1. The highest BCUT2D eigenvalue weighted by Gasteiger charge is 2.26. The van der Waals surface area contributed by atoms with E-state index in [4.69, 9.17) is 5.84 Å². The number of unbranched alkanes of at least 4 members (excludes halogenated alkanes) is 4. The highest BCUT2D eigenvalue weighted by atomic mass is 15.2. The molecule has 0 bridgehead atoms. The summed E-state index contributed by atoms with van der Waals surface area (Å²) in [6.07, 6.45) is 11.7. The van der Waals surface area contributed by atoms with Crippen molar-refractivity contribution in [3.8, 4) is 0 Å². The minimum absolute atomic E-state index is 0.443. The molecule has 0 amide bonds. The second-order valence-electron chi connectivity index (χ2n) is 6.17. The Kier molecular flexibility index (Phi) is 6.55. The SMILES string of the molecule is CCCCCCCC(NN)C1CCCc2ccccc21. The average molecular weight is 274 g/mol. The molecular formula is C18H30N2. The summed E-state index contributed by atoms with van der Waals surface area (Å²) in [6, 6.07) is 9.37. The summed E-state index contributed by atoms with van der Waals surface area (Å²) in [4.78, 5) is 0. The van der Waals surface area contributed by atoms with Crippen LogP contribution in [0.5, 0.6) is 0 Å². The van der Waals surface area contributed by atoms with Gasteiger partial charge in [-0.05, 0) is 36.8 Å². The zero-order valence-corrected chi connectivity index (χ0v) is 12.9. The number of hydrazine groups is 1. The van der Waals surface area contributed by atoms with Gasteiger partial charge in [0.05, 0.1) is 0 Å². The predicted octanol–water partition coefficient (Wildman–Crippen LogP) is 4.30. The Morgan fingerprint density at radius 1 is 1.20 bits per heavy atom. The molecule has 2 nitrogen and oxygen atoms in total. The average Bonchev–Trinajstić information content (AvgIpc) is 2.51. The largest absolute Gasteiger partial charge is 0.271 e. The summed E-state index contributed by atoms with van der Waals surface area (Å²) in [6.45, 7) is 2.27. The Balaban J connectivity index is 1.91. The van der Waals surface area contributed by atoms with Crippen molar-refractivity contribution in [3.05, 3.63) is 35.4 Å². The van der Waals surface area contributed by atoms with Crippen LogP contribution in [0, 0.1) is 0 Å². The van der Waals surface area contributed by atoms with Crippen LogP contribution in [-0.2, 0) is 6.42 Å². The molecule has 2 rings (SSSR count). The molecule has 1 aliphatic rings. The topological polar surface area (TPSA) is 38.0 Å². The quantitative estimate of drug-likeness (QED) is 0.421. The van der Waals surface area contributed by atoms with Crippen molar-refractivity contribution in [2.75, 3.05) is 0 Å². The highest BCUT2D eigenvalue weighted by molar-refractivity contribution is 5.33. The monoisotopic (exact) mass is 274 g/mol. The molecule has 0 aliphatic heterocycles. The summed E-state index contributed by atoms with van der Waals surface area (Å²) in [7, 11) is 0. The normalized spacial score (nSPS) is 19.6. The van der Waals surface area contributed by atoms with Gasteiger partial charge in [-0.3, -0.25) is 11.3 Å². The van der Waals surface area contributed by atoms with Gasteiger partial charge in [-0.15, -0.1) is 0 Å². The number of hydrogen-bond donors (Lipinski definition) is 2. The molecule has 1 aromatic rings. The van der Waals surface area contributed by atoms with Crippen LogP contribution in [0.15, 0.2) is 24.3 Å². The Morgan fingerprint density at radius 3 is 2.80 bits per heavy atom. The Hall–Kier alpha value is -0.860. The molecule has 0 heterocycles. The molecule has 0 saturated carbocycles. The van der Waals surface area contributed by atoms with Gasteiger partial charge in [0, 0.05) is 12.0 Å². The fraction of sp³-hybridized carbons (Fsp3) is 0.667. The third-order valence-corrected chi connectivity index (χ3v) is 4.73. The van der Waals surface area contributed by atoms with Crippen LogP contribution in [0.2, 0.25) is 0 Å². The first kappa shape index (κ1) is 15.5. The van der Waals surface area contributed by atoms with Crippen molar-refractivity contribution in [3.63, 3.8) is 0 Å². The van der Waals surface area contributed by atoms with E-state index in [0.717, 1.165) is 0 Å². The number of hydrogen-bond acceptors (Lipinski definition) is 2. The van der Waals surface area contributed by atoms with E-state index in [0.29, 0.717) is 12.0 Å². The molecule has 112 valence electrons. The second kappa shape index (κ2) is 8.43. The molecule has 0 spiro atoms. The van der Waals surface area contributed by atoms with Crippen molar-refractivity contribution in [2.45, 2.75) is 76.7 Å². The molecule has 0 saturated heterocycles. The van der Waals surface area contributed by atoms with Gasteiger partial charge >= 0.3 is 0 Å². The first-order valence-electron chi connectivity index (χ1n) is 8.40. The molecule has 1 aromatic carbocycles. The van der Waals surface area contributed by atoms with Crippen LogP contribution < -0.4 is 11.3 Å². The van der Waals surface area contributed by atoms with Gasteiger partial charge in [0.2, 0.25) is 0 Å². The summed E-state index contributed by atoms with van der Waals surface area (Å²) >= 11 is 0. The number of rotatable bonds is 8. The lowest BCUT2D eigenvalue weighted by Gasteiger charge is -2.32. The maximum absolute atomic E-state index is 5.85. The fourth-order valence-electron chi connectivity index (χ4n) is 3.58. The lowest BCUT2D eigenvalue weighted by Crippen LogP contribution is -2.40. The number of fused-ring (bicyclic) bond motifs is 1. The van der Waals surface area contributed by atoms with Crippen LogP contribution in [-0.4, -0.2) is 6.04 Å². The van der Waals surface area contributed by atoms with E-state index in [9.17, 15) is 0 Å². The Bertz CT molecular complexity index is 389. The molecular weight excluding hydrogens is 244 g/mol. The smallest absolute Gasteiger partial charge is 0.0279 e. The molecule has 1 aliphatic carbocycles. The minimum Gasteiger partial charge on any atom is -0.271 e. The van der Waals surface area contributed by atoms with Crippen molar-refractivity contribution in [2.24, 2.45) is 5.84 Å². The van der Waals surface area contributed by atoms with Crippen molar-refractivity contribution < 1.29 is 0 Å². The fourth-order valence-corrected chi connectivity index (χ4v) is 3.58. The van der Waals surface area contributed by atoms with E-state index in [1.165, 1.54) is 68.9 Å². The van der Waals surface area contributed by atoms with Crippen LogP contribution >= 0.6 is 0 Å². The number of benzene rings is 1.